The van der Waals surface area contributed by atoms with E-state index in [1.807, 2.05) is 35.1 Å². The molecule has 3 aromatic rings. The van der Waals surface area contributed by atoms with E-state index >= 15 is 0 Å². The molecule has 0 aliphatic rings. The predicted octanol–water partition coefficient (Wildman–Crippen LogP) is 2.99. The van der Waals surface area contributed by atoms with Gasteiger partial charge in [-0.05, 0) is 11.6 Å². The molecule has 1 aromatic heterocycles. The largest absolute Gasteiger partial charge is 0.269 e. The van der Waals surface area contributed by atoms with E-state index in [0.717, 1.165) is 16.5 Å². The lowest BCUT2D eigenvalue weighted by Crippen LogP contribution is -2.00. The molecule has 5 nitrogen and oxygen atoms in total. The van der Waals surface area contributed by atoms with Gasteiger partial charge in [-0.15, -0.1) is 0 Å². The van der Waals surface area contributed by atoms with Gasteiger partial charge in [-0.2, -0.15) is 5.10 Å². The molecule has 0 atom stereocenters. The Morgan fingerprint density at radius 2 is 1.84 bits per heavy atom. The number of nitro benzene ring substituents is 1. The summed E-state index contributed by atoms with van der Waals surface area (Å²) < 4.78 is 1.84. The van der Waals surface area contributed by atoms with Crippen molar-refractivity contribution >= 4 is 16.6 Å². The molecule has 0 spiro atoms. The van der Waals surface area contributed by atoms with Gasteiger partial charge >= 0.3 is 0 Å². The fourth-order valence-electron chi connectivity index (χ4n) is 2.01. The highest BCUT2D eigenvalue weighted by atomic mass is 16.6. The van der Waals surface area contributed by atoms with E-state index in [2.05, 4.69) is 5.10 Å². The number of benzene rings is 2. The third kappa shape index (κ3) is 2.30. The normalized spacial score (nSPS) is 10.7. The molecule has 3 rings (SSSR count). The lowest BCUT2D eigenvalue weighted by atomic mass is 10.2. The Bertz CT molecular complexity index is 699. The van der Waals surface area contributed by atoms with E-state index < -0.39 is 4.92 Å². The van der Waals surface area contributed by atoms with Gasteiger partial charge in [-0.25, -0.2) is 0 Å². The second kappa shape index (κ2) is 4.53. The zero-order chi connectivity index (χ0) is 13.2. The number of nitrogens with zero attached hydrogens (tertiary/aromatic N) is 3. The first kappa shape index (κ1) is 11.4. The van der Waals surface area contributed by atoms with Crippen LogP contribution in [0.1, 0.15) is 5.56 Å². The average Bonchev–Trinajstić information content (AvgIpc) is 2.81. The summed E-state index contributed by atoms with van der Waals surface area (Å²) in [5.41, 5.74) is 2.04. The average molecular weight is 253 g/mol. The van der Waals surface area contributed by atoms with Crippen LogP contribution in [0.15, 0.2) is 54.7 Å². The van der Waals surface area contributed by atoms with Crippen molar-refractivity contribution < 1.29 is 4.92 Å². The lowest BCUT2D eigenvalue weighted by Gasteiger charge is -2.01. The van der Waals surface area contributed by atoms with E-state index in [1.54, 1.807) is 12.1 Å². The summed E-state index contributed by atoms with van der Waals surface area (Å²) in [6, 6.07) is 14.4. The van der Waals surface area contributed by atoms with Crippen molar-refractivity contribution in [2.45, 2.75) is 6.54 Å². The van der Waals surface area contributed by atoms with E-state index in [0.29, 0.717) is 6.54 Å². The highest BCUT2D eigenvalue weighted by Crippen LogP contribution is 2.15. The van der Waals surface area contributed by atoms with Crippen LogP contribution in [-0.4, -0.2) is 14.7 Å². The number of hydrogen-bond donors (Lipinski definition) is 0. The van der Waals surface area contributed by atoms with E-state index in [4.69, 9.17) is 0 Å². The van der Waals surface area contributed by atoms with E-state index in [-0.39, 0.29) is 5.69 Å². The van der Waals surface area contributed by atoms with Crippen LogP contribution in [0, 0.1) is 10.1 Å². The molecule has 0 bridgehead atoms. The van der Waals surface area contributed by atoms with Gasteiger partial charge in [-0.3, -0.25) is 14.8 Å². The van der Waals surface area contributed by atoms with Gasteiger partial charge in [0.25, 0.3) is 5.69 Å². The number of rotatable bonds is 3. The van der Waals surface area contributed by atoms with Crippen LogP contribution >= 0.6 is 0 Å². The summed E-state index contributed by atoms with van der Waals surface area (Å²) in [6.07, 6.45) is 1.97. The Kier molecular flexibility index (Phi) is 2.72. The Labute approximate surface area is 109 Å². The van der Waals surface area contributed by atoms with Gasteiger partial charge in [0.15, 0.2) is 0 Å². The number of aromatic nitrogens is 2. The molecule has 0 amide bonds. The summed E-state index contributed by atoms with van der Waals surface area (Å²) in [4.78, 5) is 10.2. The zero-order valence-electron chi connectivity index (χ0n) is 10.1. The Hall–Kier alpha value is -2.69. The molecule has 0 unspecified atom stereocenters. The van der Waals surface area contributed by atoms with Crippen LogP contribution in [0.25, 0.3) is 10.9 Å². The van der Waals surface area contributed by atoms with Gasteiger partial charge in [0.05, 0.1) is 17.0 Å². The molecule has 0 saturated heterocycles. The maximum absolute atomic E-state index is 10.6. The molecule has 0 saturated carbocycles. The van der Waals surface area contributed by atoms with E-state index in [1.165, 1.54) is 12.1 Å². The molecule has 2 aromatic carbocycles. The number of fused-ring (bicyclic) bond motifs is 1. The van der Waals surface area contributed by atoms with Crippen molar-refractivity contribution in [2.75, 3.05) is 0 Å². The van der Waals surface area contributed by atoms with Crippen LogP contribution in [-0.2, 0) is 6.54 Å². The molecule has 5 heteroatoms. The SMILES string of the molecule is O=[N+]([O-])c1ccc(Cn2cc3ccccc3n2)cc1. The van der Waals surface area contributed by atoms with Crippen molar-refractivity contribution in [3.05, 3.63) is 70.4 Å². The smallest absolute Gasteiger partial charge is 0.267 e. The maximum Gasteiger partial charge on any atom is 0.269 e. The van der Waals surface area contributed by atoms with Crippen LogP contribution in [0.3, 0.4) is 0 Å². The van der Waals surface area contributed by atoms with Crippen LogP contribution in [0.4, 0.5) is 5.69 Å². The predicted molar refractivity (Wildman–Crippen MR) is 71.9 cm³/mol. The lowest BCUT2D eigenvalue weighted by molar-refractivity contribution is -0.384. The Balaban J connectivity index is 1.86. The minimum absolute atomic E-state index is 0.106. The standard InChI is InChI=1S/C14H11N3O2/c18-17(19)13-7-5-11(6-8-13)9-16-10-12-3-1-2-4-14(12)15-16/h1-8,10H,9H2. The van der Waals surface area contributed by atoms with Gasteiger partial charge in [0.1, 0.15) is 0 Å². The third-order valence-electron chi connectivity index (χ3n) is 2.95. The topological polar surface area (TPSA) is 61.0 Å². The summed E-state index contributed by atoms with van der Waals surface area (Å²) >= 11 is 0. The fraction of sp³-hybridized carbons (Fsp3) is 0.0714. The zero-order valence-corrected chi connectivity index (χ0v) is 10.1. The van der Waals surface area contributed by atoms with Crippen molar-refractivity contribution in [1.82, 2.24) is 9.78 Å². The molecule has 0 radical (unpaired) electrons. The number of hydrogen-bond acceptors (Lipinski definition) is 3. The molecular formula is C14H11N3O2. The minimum Gasteiger partial charge on any atom is -0.267 e. The second-order valence-electron chi connectivity index (χ2n) is 4.31. The van der Waals surface area contributed by atoms with Crippen molar-refractivity contribution in [3.63, 3.8) is 0 Å². The van der Waals surface area contributed by atoms with Crippen LogP contribution in [0.5, 0.6) is 0 Å². The summed E-state index contributed by atoms with van der Waals surface area (Å²) in [6.45, 7) is 0.604. The Morgan fingerprint density at radius 1 is 1.11 bits per heavy atom. The first-order valence-electron chi connectivity index (χ1n) is 5.88. The van der Waals surface area contributed by atoms with Gasteiger partial charge in [0.2, 0.25) is 0 Å². The quantitative estimate of drug-likeness (QED) is 0.532. The highest BCUT2D eigenvalue weighted by Gasteiger charge is 2.05. The molecule has 19 heavy (non-hydrogen) atoms. The molecule has 0 aliphatic carbocycles. The monoisotopic (exact) mass is 253 g/mol. The molecule has 0 fully saturated rings. The van der Waals surface area contributed by atoms with Crippen LogP contribution < -0.4 is 0 Å². The van der Waals surface area contributed by atoms with Gasteiger partial charge < -0.3 is 0 Å². The first-order valence-corrected chi connectivity index (χ1v) is 5.88. The summed E-state index contributed by atoms with van der Waals surface area (Å²) in [7, 11) is 0. The van der Waals surface area contributed by atoms with Gasteiger partial charge in [0, 0.05) is 23.7 Å². The molecular weight excluding hydrogens is 242 g/mol. The maximum atomic E-state index is 10.6. The molecule has 94 valence electrons. The summed E-state index contributed by atoms with van der Waals surface area (Å²) in [5.74, 6) is 0. The molecule has 0 aliphatic heterocycles. The second-order valence-corrected chi connectivity index (χ2v) is 4.31. The van der Waals surface area contributed by atoms with Crippen LogP contribution in [0.2, 0.25) is 0 Å². The number of nitro groups is 1. The first-order chi connectivity index (χ1) is 9.22. The minimum atomic E-state index is -0.397. The van der Waals surface area contributed by atoms with Gasteiger partial charge in [-0.1, -0.05) is 30.3 Å². The van der Waals surface area contributed by atoms with E-state index in [9.17, 15) is 10.1 Å². The third-order valence-corrected chi connectivity index (χ3v) is 2.95. The van der Waals surface area contributed by atoms with Crippen molar-refractivity contribution in [1.29, 1.82) is 0 Å². The molecule has 1 heterocycles. The fourth-order valence-corrected chi connectivity index (χ4v) is 2.01. The molecule has 0 N–H and O–H groups in total. The Morgan fingerprint density at radius 3 is 2.53 bits per heavy atom. The van der Waals surface area contributed by atoms with Crippen molar-refractivity contribution in [2.24, 2.45) is 0 Å². The number of non-ortho nitro benzene ring substituents is 1. The highest BCUT2D eigenvalue weighted by molar-refractivity contribution is 5.77. The van der Waals surface area contributed by atoms with Crippen molar-refractivity contribution in [3.8, 4) is 0 Å². The summed E-state index contributed by atoms with van der Waals surface area (Å²) in [5, 5.41) is 16.1.